The number of benzene rings is 1. The zero-order valence-electron chi connectivity index (χ0n) is 13.3. The molecule has 1 aromatic rings. The third-order valence-electron chi connectivity index (χ3n) is 3.93. The number of Topliss-reactive ketones (excluding diaryl/α,β-unsaturated/α-hetero) is 1. The van der Waals surface area contributed by atoms with Gasteiger partial charge in [0.2, 0.25) is 0 Å². The molecule has 0 aromatic heterocycles. The summed E-state index contributed by atoms with van der Waals surface area (Å²) in [6.07, 6.45) is 7.84. The first-order valence-electron chi connectivity index (χ1n) is 7.84. The number of rotatable bonds is 5. The van der Waals surface area contributed by atoms with Gasteiger partial charge in [0.25, 0.3) is 0 Å². The number of carbonyl (C=O) groups excluding carboxylic acids is 1. The lowest BCUT2D eigenvalue weighted by Crippen LogP contribution is -2.31. The first-order valence-corrected chi connectivity index (χ1v) is 7.84. The Morgan fingerprint density at radius 1 is 1.24 bits per heavy atom. The summed E-state index contributed by atoms with van der Waals surface area (Å²) in [6, 6.07) is 10.5. The molecule has 0 bridgehead atoms. The smallest absolute Gasteiger partial charge is 0.140 e. The van der Waals surface area contributed by atoms with Crippen LogP contribution in [0.3, 0.4) is 0 Å². The monoisotopic (exact) mass is 286 g/mol. The molecule has 0 spiro atoms. The van der Waals surface area contributed by atoms with Gasteiger partial charge in [-0.2, -0.15) is 0 Å². The van der Waals surface area contributed by atoms with E-state index < -0.39 is 0 Å². The minimum absolute atomic E-state index is 0.0440. The minimum atomic E-state index is -0.274. The van der Waals surface area contributed by atoms with Crippen molar-refractivity contribution in [2.24, 2.45) is 5.41 Å². The van der Waals surface area contributed by atoms with Crippen molar-refractivity contribution in [3.8, 4) is 0 Å². The van der Waals surface area contributed by atoms with Gasteiger partial charge in [0.05, 0.1) is 12.2 Å². The zero-order chi connectivity index (χ0) is 15.3. The van der Waals surface area contributed by atoms with Gasteiger partial charge in [0.15, 0.2) is 0 Å². The third-order valence-corrected chi connectivity index (χ3v) is 3.93. The van der Waals surface area contributed by atoms with Gasteiger partial charge < -0.3 is 4.74 Å². The molecular weight excluding hydrogens is 260 g/mol. The molecule has 0 N–H and O–H groups in total. The van der Waals surface area contributed by atoms with E-state index in [1.54, 1.807) is 0 Å². The van der Waals surface area contributed by atoms with Crippen LogP contribution in [0.25, 0.3) is 0 Å². The Labute approximate surface area is 128 Å². The van der Waals surface area contributed by atoms with Gasteiger partial charge in [0.1, 0.15) is 5.78 Å². The van der Waals surface area contributed by atoms with Crippen molar-refractivity contribution in [3.05, 3.63) is 48.0 Å². The van der Waals surface area contributed by atoms with Gasteiger partial charge in [-0.05, 0) is 24.8 Å². The minimum Gasteiger partial charge on any atom is -0.370 e. The lowest BCUT2D eigenvalue weighted by molar-refractivity contribution is -0.130. The van der Waals surface area contributed by atoms with E-state index in [0.717, 1.165) is 19.3 Å². The predicted octanol–water partition coefficient (Wildman–Crippen LogP) is 4.34. The van der Waals surface area contributed by atoms with Crippen molar-refractivity contribution in [1.29, 1.82) is 0 Å². The molecule has 0 saturated heterocycles. The fourth-order valence-corrected chi connectivity index (χ4v) is 2.49. The molecule has 0 unspecified atom stereocenters. The lowest BCUT2D eigenvalue weighted by Gasteiger charge is -2.28. The third kappa shape index (κ3) is 5.13. The SMILES string of the molecule is CC(C)(C)C(=O)C[C@H]1CC=C[C@@H](CCc2ccccc2)O1. The Kier molecular flexibility index (Phi) is 5.35. The van der Waals surface area contributed by atoms with Crippen LogP contribution in [0.15, 0.2) is 42.5 Å². The molecule has 0 fully saturated rings. The molecule has 2 atom stereocenters. The highest BCUT2D eigenvalue weighted by atomic mass is 16.5. The average Bonchev–Trinajstić information content (AvgIpc) is 2.46. The summed E-state index contributed by atoms with van der Waals surface area (Å²) in [5.74, 6) is 0.282. The highest BCUT2D eigenvalue weighted by Crippen LogP contribution is 2.24. The van der Waals surface area contributed by atoms with Crippen molar-refractivity contribution in [2.75, 3.05) is 0 Å². The fraction of sp³-hybridized carbons (Fsp3) is 0.526. The second-order valence-corrected chi connectivity index (χ2v) is 6.86. The van der Waals surface area contributed by atoms with E-state index in [9.17, 15) is 4.79 Å². The van der Waals surface area contributed by atoms with Crippen LogP contribution in [0.4, 0.5) is 0 Å². The molecule has 0 saturated carbocycles. The second-order valence-electron chi connectivity index (χ2n) is 6.86. The Morgan fingerprint density at radius 2 is 1.95 bits per heavy atom. The van der Waals surface area contributed by atoms with E-state index in [2.05, 4.69) is 36.4 Å². The van der Waals surface area contributed by atoms with Crippen LogP contribution in [0, 0.1) is 5.41 Å². The summed E-state index contributed by atoms with van der Waals surface area (Å²) >= 11 is 0. The predicted molar refractivity (Wildman–Crippen MR) is 86.3 cm³/mol. The van der Waals surface area contributed by atoms with E-state index >= 15 is 0 Å². The van der Waals surface area contributed by atoms with Gasteiger partial charge in [-0.25, -0.2) is 0 Å². The van der Waals surface area contributed by atoms with Crippen molar-refractivity contribution in [1.82, 2.24) is 0 Å². The molecular formula is C19H26O2. The Bertz CT molecular complexity index is 482. The highest BCUT2D eigenvalue weighted by molar-refractivity contribution is 5.84. The van der Waals surface area contributed by atoms with Crippen molar-refractivity contribution in [3.63, 3.8) is 0 Å². The van der Waals surface area contributed by atoms with Gasteiger partial charge in [-0.15, -0.1) is 0 Å². The van der Waals surface area contributed by atoms with Crippen LogP contribution >= 0.6 is 0 Å². The number of hydrogen-bond acceptors (Lipinski definition) is 2. The van der Waals surface area contributed by atoms with Crippen molar-refractivity contribution >= 4 is 5.78 Å². The first-order chi connectivity index (χ1) is 9.95. The largest absolute Gasteiger partial charge is 0.370 e. The quantitative estimate of drug-likeness (QED) is 0.753. The van der Waals surface area contributed by atoms with E-state index in [0.29, 0.717) is 6.42 Å². The Hall–Kier alpha value is -1.41. The molecule has 2 rings (SSSR count). The van der Waals surface area contributed by atoms with E-state index in [-0.39, 0.29) is 23.4 Å². The number of aryl methyl sites for hydroxylation is 1. The van der Waals surface area contributed by atoms with E-state index in [4.69, 9.17) is 4.74 Å². The van der Waals surface area contributed by atoms with Crippen LogP contribution in [-0.4, -0.2) is 18.0 Å². The van der Waals surface area contributed by atoms with Crippen LogP contribution in [0.5, 0.6) is 0 Å². The van der Waals surface area contributed by atoms with Crippen LogP contribution in [0.2, 0.25) is 0 Å². The number of ether oxygens (including phenoxy) is 1. The van der Waals surface area contributed by atoms with Gasteiger partial charge in [-0.1, -0.05) is 63.3 Å². The van der Waals surface area contributed by atoms with Gasteiger partial charge in [-0.3, -0.25) is 4.79 Å². The number of ketones is 1. The molecule has 1 aliphatic heterocycles. The summed E-state index contributed by atoms with van der Waals surface area (Å²) in [6.45, 7) is 5.92. The molecule has 114 valence electrons. The first kappa shape index (κ1) is 16.0. The topological polar surface area (TPSA) is 26.3 Å². The standard InChI is InChI=1S/C19H26O2/c1-19(2,3)18(20)14-17-11-7-10-16(21-17)13-12-15-8-5-4-6-9-15/h4-10,16-17H,11-14H2,1-3H3/t16-,17+/m0/s1. The molecule has 1 aromatic carbocycles. The molecule has 0 aliphatic carbocycles. The van der Waals surface area contributed by atoms with Gasteiger partial charge >= 0.3 is 0 Å². The summed E-state index contributed by atoms with van der Waals surface area (Å²) < 4.78 is 6.07. The Balaban J connectivity index is 1.82. The summed E-state index contributed by atoms with van der Waals surface area (Å²) in [7, 11) is 0. The molecule has 21 heavy (non-hydrogen) atoms. The Morgan fingerprint density at radius 3 is 2.62 bits per heavy atom. The maximum absolute atomic E-state index is 12.1. The summed E-state index contributed by atoms with van der Waals surface area (Å²) in [4.78, 5) is 12.1. The molecule has 0 radical (unpaired) electrons. The molecule has 1 aliphatic rings. The second kappa shape index (κ2) is 7.04. The maximum atomic E-state index is 12.1. The highest BCUT2D eigenvalue weighted by Gasteiger charge is 2.27. The van der Waals surface area contributed by atoms with Crippen LogP contribution in [0.1, 0.15) is 45.6 Å². The fourth-order valence-electron chi connectivity index (χ4n) is 2.49. The van der Waals surface area contributed by atoms with E-state index in [1.165, 1.54) is 5.56 Å². The molecule has 1 heterocycles. The molecule has 2 nitrogen and oxygen atoms in total. The lowest BCUT2D eigenvalue weighted by atomic mass is 9.86. The summed E-state index contributed by atoms with van der Waals surface area (Å²) in [5, 5.41) is 0. The molecule has 0 amide bonds. The number of carbonyl (C=O) groups is 1. The molecule has 2 heteroatoms. The summed E-state index contributed by atoms with van der Waals surface area (Å²) in [5.41, 5.74) is 1.06. The number of hydrogen-bond donors (Lipinski definition) is 0. The van der Waals surface area contributed by atoms with Crippen LogP contribution < -0.4 is 0 Å². The van der Waals surface area contributed by atoms with Crippen LogP contribution in [-0.2, 0) is 16.0 Å². The maximum Gasteiger partial charge on any atom is 0.140 e. The average molecular weight is 286 g/mol. The van der Waals surface area contributed by atoms with Crippen molar-refractivity contribution < 1.29 is 9.53 Å². The normalized spacial score (nSPS) is 22.2. The van der Waals surface area contributed by atoms with E-state index in [1.807, 2.05) is 26.8 Å². The zero-order valence-corrected chi connectivity index (χ0v) is 13.3. The van der Waals surface area contributed by atoms with Crippen molar-refractivity contribution in [2.45, 2.75) is 58.7 Å². The van der Waals surface area contributed by atoms with Gasteiger partial charge in [0, 0.05) is 11.8 Å².